The third-order valence-electron chi connectivity index (χ3n) is 2.25. The third-order valence-corrected chi connectivity index (χ3v) is 4.94. The number of rotatable bonds is 3. The van der Waals surface area contributed by atoms with E-state index in [4.69, 9.17) is 5.73 Å². The molecule has 13 heavy (non-hydrogen) atoms. The first-order valence-electron chi connectivity index (χ1n) is 4.10. The summed E-state index contributed by atoms with van der Waals surface area (Å²) in [7, 11) is 0. The molecule has 1 aromatic heterocycles. The molecule has 0 aliphatic carbocycles. The summed E-state index contributed by atoms with van der Waals surface area (Å²) < 4.78 is 1.08. The van der Waals surface area contributed by atoms with E-state index in [0.717, 1.165) is 9.35 Å². The highest BCUT2D eigenvalue weighted by Gasteiger charge is 2.28. The lowest BCUT2D eigenvalue weighted by molar-refractivity contribution is 0.212. The van der Waals surface area contributed by atoms with Crippen LogP contribution in [-0.2, 0) is 5.41 Å². The van der Waals surface area contributed by atoms with Crippen molar-refractivity contribution in [3.05, 3.63) is 20.3 Å². The second-order valence-electron chi connectivity index (χ2n) is 3.48. The van der Waals surface area contributed by atoms with Crippen LogP contribution in [0.25, 0.3) is 0 Å². The number of hydrogen-bond donors (Lipinski definition) is 2. The zero-order valence-corrected chi connectivity index (χ0v) is 10.2. The van der Waals surface area contributed by atoms with Gasteiger partial charge in [-0.25, -0.2) is 0 Å². The van der Waals surface area contributed by atoms with E-state index >= 15 is 0 Å². The number of nitrogens with two attached hydrogens (primary N) is 1. The molecule has 0 radical (unpaired) electrons. The van der Waals surface area contributed by atoms with Crippen molar-refractivity contribution in [3.63, 3.8) is 0 Å². The van der Waals surface area contributed by atoms with Gasteiger partial charge in [0.1, 0.15) is 0 Å². The smallest absolute Gasteiger partial charge is 0.0545 e. The SMILES string of the molecule is Cc1csc(C(C)(CN)CO)c1Br. The van der Waals surface area contributed by atoms with Crippen molar-refractivity contribution in [3.8, 4) is 0 Å². The molecule has 1 rings (SSSR count). The van der Waals surface area contributed by atoms with Crippen LogP contribution in [0.4, 0.5) is 0 Å². The first-order valence-corrected chi connectivity index (χ1v) is 5.77. The normalized spacial score (nSPS) is 15.8. The molecule has 1 aromatic rings. The summed E-state index contributed by atoms with van der Waals surface area (Å²) in [6, 6.07) is 0. The number of aryl methyl sites for hydroxylation is 1. The highest BCUT2D eigenvalue weighted by molar-refractivity contribution is 9.10. The van der Waals surface area contributed by atoms with Crippen LogP contribution < -0.4 is 5.73 Å². The van der Waals surface area contributed by atoms with Crippen LogP contribution in [0.15, 0.2) is 9.85 Å². The molecule has 0 amide bonds. The second kappa shape index (κ2) is 4.09. The first kappa shape index (κ1) is 11.2. The molecule has 2 nitrogen and oxygen atoms in total. The summed E-state index contributed by atoms with van der Waals surface area (Å²) in [5, 5.41) is 11.4. The quantitative estimate of drug-likeness (QED) is 0.877. The molecule has 1 heterocycles. The zero-order chi connectivity index (χ0) is 10.1. The van der Waals surface area contributed by atoms with Crippen LogP contribution in [0.5, 0.6) is 0 Å². The first-order chi connectivity index (χ1) is 6.05. The van der Waals surface area contributed by atoms with Crippen LogP contribution in [-0.4, -0.2) is 18.3 Å². The van der Waals surface area contributed by atoms with Crippen LogP contribution in [0.2, 0.25) is 0 Å². The van der Waals surface area contributed by atoms with Crippen LogP contribution in [0, 0.1) is 6.92 Å². The fraction of sp³-hybridized carbons (Fsp3) is 0.556. The molecule has 0 bridgehead atoms. The molecule has 4 heteroatoms. The van der Waals surface area contributed by atoms with Gasteiger partial charge in [0.2, 0.25) is 0 Å². The maximum absolute atomic E-state index is 9.28. The number of hydrogen-bond acceptors (Lipinski definition) is 3. The fourth-order valence-electron chi connectivity index (χ4n) is 1.07. The average Bonchev–Trinajstić information content (AvgIpc) is 2.47. The molecule has 0 saturated carbocycles. The maximum Gasteiger partial charge on any atom is 0.0545 e. The fourth-order valence-corrected chi connectivity index (χ4v) is 3.20. The zero-order valence-electron chi connectivity index (χ0n) is 7.80. The lowest BCUT2D eigenvalue weighted by atomic mass is 9.90. The summed E-state index contributed by atoms with van der Waals surface area (Å²) in [6.07, 6.45) is 0. The van der Waals surface area contributed by atoms with Crippen LogP contribution in [0.1, 0.15) is 17.4 Å². The van der Waals surface area contributed by atoms with Gasteiger partial charge < -0.3 is 10.8 Å². The van der Waals surface area contributed by atoms with Crippen molar-refractivity contribution in [1.29, 1.82) is 0 Å². The molecule has 0 fully saturated rings. The monoisotopic (exact) mass is 263 g/mol. The van der Waals surface area contributed by atoms with Crippen LogP contribution in [0.3, 0.4) is 0 Å². The average molecular weight is 264 g/mol. The number of aliphatic hydroxyl groups is 1. The second-order valence-corrected chi connectivity index (χ2v) is 5.16. The summed E-state index contributed by atoms with van der Waals surface area (Å²) >= 11 is 5.16. The molecule has 0 aromatic carbocycles. The minimum atomic E-state index is -0.308. The lowest BCUT2D eigenvalue weighted by Gasteiger charge is -2.24. The molecule has 0 aliphatic heterocycles. The van der Waals surface area contributed by atoms with E-state index in [0.29, 0.717) is 6.54 Å². The molecule has 1 unspecified atom stereocenters. The Balaban J connectivity index is 3.12. The molecule has 0 aliphatic rings. The van der Waals surface area contributed by atoms with Gasteiger partial charge in [0, 0.05) is 21.3 Å². The Morgan fingerprint density at radius 1 is 1.69 bits per heavy atom. The topological polar surface area (TPSA) is 46.2 Å². The van der Waals surface area contributed by atoms with Gasteiger partial charge in [-0.15, -0.1) is 11.3 Å². The van der Waals surface area contributed by atoms with E-state index in [2.05, 4.69) is 21.3 Å². The molecule has 74 valence electrons. The van der Waals surface area contributed by atoms with Crippen molar-refractivity contribution in [2.75, 3.05) is 13.2 Å². The van der Waals surface area contributed by atoms with Crippen molar-refractivity contribution in [1.82, 2.24) is 0 Å². The molecule has 3 N–H and O–H groups in total. The van der Waals surface area contributed by atoms with Crippen molar-refractivity contribution in [2.45, 2.75) is 19.3 Å². The van der Waals surface area contributed by atoms with Gasteiger partial charge in [0.05, 0.1) is 6.61 Å². The highest BCUT2D eigenvalue weighted by atomic mass is 79.9. The minimum absolute atomic E-state index is 0.0854. The molecule has 1 atom stereocenters. The Hall–Kier alpha value is 0.100. The van der Waals surface area contributed by atoms with E-state index in [9.17, 15) is 5.11 Å². The van der Waals surface area contributed by atoms with Gasteiger partial charge in [-0.2, -0.15) is 0 Å². The van der Waals surface area contributed by atoms with Crippen LogP contribution >= 0.6 is 27.3 Å². The van der Waals surface area contributed by atoms with Gasteiger partial charge in [0.25, 0.3) is 0 Å². The summed E-state index contributed by atoms with van der Waals surface area (Å²) in [6.45, 7) is 4.56. The Kier molecular flexibility index (Phi) is 3.51. The Labute approximate surface area is 90.9 Å². The third kappa shape index (κ3) is 1.96. The van der Waals surface area contributed by atoms with Gasteiger partial charge in [-0.3, -0.25) is 0 Å². The molecule has 0 saturated heterocycles. The number of halogens is 1. The predicted octanol–water partition coefficient (Wildman–Crippen LogP) is 2.03. The maximum atomic E-state index is 9.28. The van der Waals surface area contributed by atoms with Gasteiger partial charge in [0.15, 0.2) is 0 Å². The van der Waals surface area contributed by atoms with Crippen molar-refractivity contribution < 1.29 is 5.11 Å². The number of aliphatic hydroxyl groups excluding tert-OH is 1. The van der Waals surface area contributed by atoms with Gasteiger partial charge in [-0.05, 0) is 33.8 Å². The summed E-state index contributed by atoms with van der Waals surface area (Å²) in [5.74, 6) is 0. The molecular weight excluding hydrogens is 250 g/mol. The summed E-state index contributed by atoms with van der Waals surface area (Å²) in [5.41, 5.74) is 6.55. The Morgan fingerprint density at radius 3 is 2.62 bits per heavy atom. The van der Waals surface area contributed by atoms with E-state index in [-0.39, 0.29) is 12.0 Å². The largest absolute Gasteiger partial charge is 0.395 e. The van der Waals surface area contributed by atoms with E-state index in [1.54, 1.807) is 11.3 Å². The standard InChI is InChI=1S/C9H14BrNOS/c1-6-3-13-8(7(6)10)9(2,4-11)5-12/h3,12H,4-5,11H2,1-2H3. The Morgan fingerprint density at radius 2 is 2.31 bits per heavy atom. The Bertz CT molecular complexity index is 294. The van der Waals surface area contributed by atoms with E-state index < -0.39 is 0 Å². The van der Waals surface area contributed by atoms with E-state index in [1.165, 1.54) is 5.56 Å². The molecular formula is C9H14BrNOS. The number of thiophene rings is 1. The van der Waals surface area contributed by atoms with E-state index in [1.807, 2.05) is 13.8 Å². The predicted molar refractivity (Wildman–Crippen MR) is 60.2 cm³/mol. The van der Waals surface area contributed by atoms with Gasteiger partial charge in [-0.1, -0.05) is 6.92 Å². The molecule has 0 spiro atoms. The van der Waals surface area contributed by atoms with Crippen molar-refractivity contribution >= 4 is 27.3 Å². The van der Waals surface area contributed by atoms with Crippen molar-refractivity contribution in [2.24, 2.45) is 5.73 Å². The lowest BCUT2D eigenvalue weighted by Crippen LogP contribution is -2.35. The highest BCUT2D eigenvalue weighted by Crippen LogP contribution is 2.36. The van der Waals surface area contributed by atoms with Gasteiger partial charge >= 0.3 is 0 Å². The minimum Gasteiger partial charge on any atom is -0.395 e. The summed E-state index contributed by atoms with van der Waals surface area (Å²) in [4.78, 5) is 1.13.